The first-order valence-corrected chi connectivity index (χ1v) is 10.6. The number of nitrogens with zero attached hydrogens (tertiary/aromatic N) is 1. The average molecular weight is 415 g/mol. The highest BCUT2D eigenvalue weighted by molar-refractivity contribution is 6.30. The van der Waals surface area contributed by atoms with Gasteiger partial charge < -0.3 is 10.2 Å². The molecule has 1 N–H and O–H groups in total. The fourth-order valence-corrected chi connectivity index (χ4v) is 3.48. The number of carbonyl (C=O) groups excluding carboxylic acids is 2. The molecule has 0 fully saturated rings. The van der Waals surface area contributed by atoms with Gasteiger partial charge in [-0.05, 0) is 50.5 Å². The van der Waals surface area contributed by atoms with E-state index in [2.05, 4.69) is 18.3 Å². The molecule has 2 amide bonds. The number of aryl methyl sites for hydroxylation is 2. The van der Waals surface area contributed by atoms with Gasteiger partial charge in [-0.1, -0.05) is 66.4 Å². The van der Waals surface area contributed by atoms with Gasteiger partial charge in [0.2, 0.25) is 11.8 Å². The maximum absolute atomic E-state index is 13.2. The molecular formula is C24H31ClN2O2. The van der Waals surface area contributed by atoms with Gasteiger partial charge in [-0.3, -0.25) is 9.59 Å². The second-order valence-corrected chi connectivity index (χ2v) is 8.08. The summed E-state index contributed by atoms with van der Waals surface area (Å²) in [6, 6.07) is 13.0. The Morgan fingerprint density at radius 2 is 1.66 bits per heavy atom. The lowest BCUT2D eigenvalue weighted by Gasteiger charge is -2.29. The van der Waals surface area contributed by atoms with Crippen molar-refractivity contribution >= 4 is 23.4 Å². The number of rotatable bonds is 9. The summed E-state index contributed by atoms with van der Waals surface area (Å²) < 4.78 is 0. The van der Waals surface area contributed by atoms with E-state index in [1.54, 1.807) is 24.0 Å². The minimum absolute atomic E-state index is 0.0666. The van der Waals surface area contributed by atoms with Crippen LogP contribution in [0.3, 0.4) is 0 Å². The summed E-state index contributed by atoms with van der Waals surface area (Å²) in [6.07, 6.45) is 2.20. The molecule has 4 nitrogen and oxygen atoms in total. The van der Waals surface area contributed by atoms with Gasteiger partial charge in [0.15, 0.2) is 0 Å². The molecule has 0 heterocycles. The number of hydrogen-bond acceptors (Lipinski definition) is 2. The molecule has 0 aliphatic rings. The third kappa shape index (κ3) is 7.21. The second-order valence-electron chi connectivity index (χ2n) is 7.64. The highest BCUT2D eigenvalue weighted by Crippen LogP contribution is 2.16. The zero-order valence-electron chi connectivity index (χ0n) is 17.8. The van der Waals surface area contributed by atoms with E-state index in [0.29, 0.717) is 18.1 Å². The van der Waals surface area contributed by atoms with Crippen molar-refractivity contribution in [2.75, 3.05) is 6.54 Å². The number of carbonyl (C=O) groups is 2. The molecule has 0 saturated heterocycles. The molecule has 0 aliphatic heterocycles. The molecule has 2 aromatic rings. The summed E-state index contributed by atoms with van der Waals surface area (Å²) in [5.74, 6) is -0.190. The number of benzene rings is 2. The first-order valence-electron chi connectivity index (χ1n) is 10.2. The van der Waals surface area contributed by atoms with Crippen LogP contribution < -0.4 is 5.32 Å². The summed E-state index contributed by atoms with van der Waals surface area (Å²) in [7, 11) is 0. The van der Waals surface area contributed by atoms with Gasteiger partial charge in [0.25, 0.3) is 0 Å². The molecule has 1 unspecified atom stereocenters. The highest BCUT2D eigenvalue weighted by atomic mass is 35.5. The van der Waals surface area contributed by atoms with Crippen molar-refractivity contribution in [2.45, 2.75) is 59.5 Å². The highest BCUT2D eigenvalue weighted by Gasteiger charge is 2.26. The van der Waals surface area contributed by atoms with E-state index in [1.165, 1.54) is 0 Å². The normalized spacial score (nSPS) is 11.8. The van der Waals surface area contributed by atoms with Gasteiger partial charge >= 0.3 is 0 Å². The van der Waals surface area contributed by atoms with E-state index in [-0.39, 0.29) is 18.2 Å². The van der Waals surface area contributed by atoms with Crippen LogP contribution >= 0.6 is 11.6 Å². The molecule has 2 rings (SSSR count). The summed E-state index contributed by atoms with van der Waals surface area (Å²) in [6.45, 7) is 8.90. The van der Waals surface area contributed by atoms with Crippen molar-refractivity contribution in [3.05, 3.63) is 69.7 Å². The Labute approximate surface area is 179 Å². The second kappa shape index (κ2) is 11.0. The first-order chi connectivity index (χ1) is 13.8. The van der Waals surface area contributed by atoms with Gasteiger partial charge in [-0.25, -0.2) is 0 Å². The quantitative estimate of drug-likeness (QED) is 0.597. The predicted molar refractivity (Wildman–Crippen MR) is 119 cm³/mol. The van der Waals surface area contributed by atoms with E-state index in [1.807, 2.05) is 38.1 Å². The van der Waals surface area contributed by atoms with Gasteiger partial charge in [0.1, 0.15) is 6.04 Å². The molecule has 29 heavy (non-hydrogen) atoms. The summed E-state index contributed by atoms with van der Waals surface area (Å²) in [5.41, 5.74) is 4.16. The Balaban J connectivity index is 2.20. The van der Waals surface area contributed by atoms with Crippen LogP contribution in [0.2, 0.25) is 5.02 Å². The van der Waals surface area contributed by atoms with E-state index in [0.717, 1.165) is 35.1 Å². The van der Waals surface area contributed by atoms with E-state index >= 15 is 0 Å². The van der Waals surface area contributed by atoms with Crippen LogP contribution in [0.15, 0.2) is 42.5 Å². The van der Waals surface area contributed by atoms with Gasteiger partial charge in [-0.2, -0.15) is 0 Å². The van der Waals surface area contributed by atoms with Crippen LogP contribution in [0.4, 0.5) is 0 Å². The van der Waals surface area contributed by atoms with Crippen LogP contribution in [-0.4, -0.2) is 29.3 Å². The number of halogens is 1. The minimum atomic E-state index is -0.555. The van der Waals surface area contributed by atoms with E-state index in [9.17, 15) is 9.59 Å². The number of unbranched alkanes of at least 4 members (excludes halogenated alkanes) is 1. The van der Waals surface area contributed by atoms with E-state index in [4.69, 9.17) is 11.6 Å². The smallest absolute Gasteiger partial charge is 0.242 e. The third-order valence-corrected chi connectivity index (χ3v) is 5.15. The van der Waals surface area contributed by atoms with Crippen molar-refractivity contribution in [1.82, 2.24) is 10.2 Å². The van der Waals surface area contributed by atoms with Crippen molar-refractivity contribution in [3.8, 4) is 0 Å². The third-order valence-electron chi connectivity index (χ3n) is 4.90. The van der Waals surface area contributed by atoms with Crippen LogP contribution in [0, 0.1) is 13.8 Å². The number of hydrogen-bond donors (Lipinski definition) is 1. The Morgan fingerprint density at radius 1 is 1.03 bits per heavy atom. The molecule has 1 atom stereocenters. The minimum Gasteiger partial charge on any atom is -0.354 e. The lowest BCUT2D eigenvalue weighted by Crippen LogP contribution is -2.48. The monoisotopic (exact) mass is 414 g/mol. The zero-order chi connectivity index (χ0) is 21.4. The topological polar surface area (TPSA) is 49.4 Å². The Hall–Kier alpha value is -2.33. The Morgan fingerprint density at radius 3 is 2.24 bits per heavy atom. The van der Waals surface area contributed by atoms with Crippen molar-refractivity contribution in [2.24, 2.45) is 0 Å². The van der Waals surface area contributed by atoms with Crippen LogP contribution in [0.5, 0.6) is 0 Å². The number of nitrogens with one attached hydrogen (secondary N) is 1. The maximum atomic E-state index is 13.2. The van der Waals surface area contributed by atoms with Crippen LogP contribution in [-0.2, 0) is 22.6 Å². The molecule has 0 saturated carbocycles. The lowest BCUT2D eigenvalue weighted by molar-refractivity contribution is -0.140. The molecule has 5 heteroatoms. The molecule has 2 aromatic carbocycles. The average Bonchev–Trinajstić information content (AvgIpc) is 2.66. The lowest BCUT2D eigenvalue weighted by atomic mass is 10.0. The molecular weight excluding hydrogens is 384 g/mol. The standard InChI is InChI=1S/C24H31ClN2O2/c1-5-6-11-26-24(29)19(4)27(16-20-7-9-22(25)10-8-20)23(28)15-21-13-17(2)12-18(3)14-21/h7-10,12-14,19H,5-6,11,15-16H2,1-4H3,(H,26,29). The van der Waals surface area contributed by atoms with Crippen molar-refractivity contribution in [1.29, 1.82) is 0 Å². The Bertz CT molecular complexity index is 813. The summed E-state index contributed by atoms with van der Waals surface area (Å²) in [5, 5.41) is 3.59. The summed E-state index contributed by atoms with van der Waals surface area (Å²) >= 11 is 5.99. The van der Waals surface area contributed by atoms with Crippen molar-refractivity contribution < 1.29 is 9.59 Å². The van der Waals surface area contributed by atoms with Gasteiger partial charge in [-0.15, -0.1) is 0 Å². The molecule has 0 aromatic heterocycles. The fraction of sp³-hybridized carbons (Fsp3) is 0.417. The summed E-state index contributed by atoms with van der Waals surface area (Å²) in [4.78, 5) is 27.5. The van der Waals surface area contributed by atoms with Crippen molar-refractivity contribution in [3.63, 3.8) is 0 Å². The van der Waals surface area contributed by atoms with Gasteiger partial charge in [0, 0.05) is 18.1 Å². The van der Waals surface area contributed by atoms with E-state index < -0.39 is 6.04 Å². The number of amides is 2. The van der Waals surface area contributed by atoms with Gasteiger partial charge in [0.05, 0.1) is 6.42 Å². The molecule has 0 radical (unpaired) electrons. The zero-order valence-corrected chi connectivity index (χ0v) is 18.6. The molecule has 156 valence electrons. The molecule has 0 spiro atoms. The first kappa shape index (κ1) is 23.0. The van der Waals surface area contributed by atoms with Crippen LogP contribution in [0.1, 0.15) is 48.9 Å². The SMILES string of the molecule is CCCCNC(=O)C(C)N(Cc1ccc(Cl)cc1)C(=O)Cc1cc(C)cc(C)c1. The predicted octanol–water partition coefficient (Wildman–Crippen LogP) is 4.83. The van der Waals surface area contributed by atoms with Crippen LogP contribution in [0.25, 0.3) is 0 Å². The fourth-order valence-electron chi connectivity index (χ4n) is 3.35. The molecule has 0 aliphatic carbocycles. The largest absolute Gasteiger partial charge is 0.354 e. The maximum Gasteiger partial charge on any atom is 0.242 e. The molecule has 0 bridgehead atoms. The Kier molecular flexibility index (Phi) is 8.71.